The summed E-state index contributed by atoms with van der Waals surface area (Å²) in [4.78, 5) is 26.9. The number of rotatable bonds is 6. The van der Waals surface area contributed by atoms with Gasteiger partial charge in [-0.05, 0) is 61.5 Å². The van der Waals surface area contributed by atoms with Crippen molar-refractivity contribution in [1.29, 1.82) is 0 Å². The molecule has 9 nitrogen and oxygen atoms in total. The van der Waals surface area contributed by atoms with Crippen molar-refractivity contribution in [3.05, 3.63) is 84.7 Å². The summed E-state index contributed by atoms with van der Waals surface area (Å²) in [6.07, 6.45) is 3.68. The van der Waals surface area contributed by atoms with E-state index in [0.717, 1.165) is 16.9 Å². The summed E-state index contributed by atoms with van der Waals surface area (Å²) in [5.41, 5.74) is 3.42. The van der Waals surface area contributed by atoms with Crippen molar-refractivity contribution in [2.75, 3.05) is 22.1 Å². The molecule has 1 saturated heterocycles. The number of benzene rings is 2. The van der Waals surface area contributed by atoms with Gasteiger partial charge in [0.05, 0.1) is 5.92 Å². The molecular formula is C25H23N7O2. The summed E-state index contributed by atoms with van der Waals surface area (Å²) in [6, 6.07) is 20.5. The molecule has 0 saturated carbocycles. The number of aromatic nitrogens is 4. The average Bonchev–Trinajstić information content (AvgIpc) is 3.52. The Morgan fingerprint density at radius 3 is 2.41 bits per heavy atom. The predicted octanol–water partition coefficient (Wildman–Crippen LogP) is 3.71. The van der Waals surface area contributed by atoms with E-state index in [4.69, 9.17) is 0 Å². The first kappa shape index (κ1) is 21.3. The Morgan fingerprint density at radius 2 is 1.74 bits per heavy atom. The molecule has 2 amide bonds. The Hall–Kier alpha value is -4.53. The third-order valence-corrected chi connectivity index (χ3v) is 5.66. The fourth-order valence-corrected chi connectivity index (χ4v) is 3.80. The van der Waals surface area contributed by atoms with Gasteiger partial charge < -0.3 is 15.5 Å². The van der Waals surface area contributed by atoms with Crippen LogP contribution in [-0.4, -0.2) is 38.3 Å². The largest absolute Gasteiger partial charge is 0.339 e. The van der Waals surface area contributed by atoms with Gasteiger partial charge in [0.15, 0.2) is 11.6 Å². The summed E-state index contributed by atoms with van der Waals surface area (Å²) < 4.78 is 1.63. The third kappa shape index (κ3) is 4.63. The van der Waals surface area contributed by atoms with Gasteiger partial charge in [-0.3, -0.25) is 9.59 Å². The maximum Gasteiger partial charge on any atom is 0.229 e. The van der Waals surface area contributed by atoms with E-state index in [1.165, 1.54) is 0 Å². The number of nitrogens with zero attached hydrogens (tertiary/aromatic N) is 5. The van der Waals surface area contributed by atoms with E-state index in [2.05, 4.69) is 25.9 Å². The SMILES string of the molecule is Cc1ccc(N2C[C@@H](C(=O)Nc3ccc(Nc4ccc(-n5cccn5)nn4)cc3)CC2=O)cc1. The summed E-state index contributed by atoms with van der Waals surface area (Å²) >= 11 is 0. The minimum absolute atomic E-state index is 0.0387. The Kier molecular flexibility index (Phi) is 5.73. The van der Waals surface area contributed by atoms with Crippen molar-refractivity contribution in [2.24, 2.45) is 5.92 Å². The van der Waals surface area contributed by atoms with Crippen molar-refractivity contribution in [3.8, 4) is 5.82 Å². The molecule has 3 heterocycles. The average molecular weight is 454 g/mol. The van der Waals surface area contributed by atoms with Crippen molar-refractivity contribution < 1.29 is 9.59 Å². The predicted molar refractivity (Wildman–Crippen MR) is 129 cm³/mol. The van der Waals surface area contributed by atoms with Crippen LogP contribution in [0.5, 0.6) is 0 Å². The van der Waals surface area contributed by atoms with Crippen LogP contribution in [0.15, 0.2) is 79.1 Å². The second-order valence-electron chi connectivity index (χ2n) is 8.16. The van der Waals surface area contributed by atoms with Gasteiger partial charge in [-0.25, -0.2) is 4.68 Å². The van der Waals surface area contributed by atoms with Crippen LogP contribution in [0.1, 0.15) is 12.0 Å². The van der Waals surface area contributed by atoms with E-state index in [1.54, 1.807) is 34.1 Å². The maximum absolute atomic E-state index is 12.8. The molecule has 5 rings (SSSR count). The maximum atomic E-state index is 12.8. The molecule has 1 atom stereocenters. The molecule has 1 aliphatic rings. The molecule has 4 aromatic rings. The monoisotopic (exact) mass is 453 g/mol. The molecule has 0 unspecified atom stereocenters. The summed E-state index contributed by atoms with van der Waals surface area (Å²) in [5, 5.41) is 18.5. The van der Waals surface area contributed by atoms with Gasteiger partial charge in [-0.2, -0.15) is 5.10 Å². The highest BCUT2D eigenvalue weighted by Crippen LogP contribution is 2.26. The lowest BCUT2D eigenvalue weighted by molar-refractivity contribution is -0.122. The fourth-order valence-electron chi connectivity index (χ4n) is 3.80. The van der Waals surface area contributed by atoms with Crippen LogP contribution in [0.25, 0.3) is 5.82 Å². The molecule has 1 fully saturated rings. The normalized spacial score (nSPS) is 15.4. The first-order chi connectivity index (χ1) is 16.5. The number of nitrogens with one attached hydrogen (secondary N) is 2. The minimum Gasteiger partial charge on any atom is -0.339 e. The number of carbonyl (C=O) groups is 2. The molecule has 170 valence electrons. The molecule has 0 aliphatic carbocycles. The number of aryl methyl sites for hydroxylation is 1. The highest BCUT2D eigenvalue weighted by Gasteiger charge is 2.35. The number of hydrogen-bond acceptors (Lipinski definition) is 6. The molecule has 0 bridgehead atoms. The molecule has 2 aromatic heterocycles. The van der Waals surface area contributed by atoms with E-state index in [1.807, 2.05) is 61.5 Å². The van der Waals surface area contributed by atoms with Gasteiger partial charge >= 0.3 is 0 Å². The molecule has 0 spiro atoms. The molecule has 0 radical (unpaired) electrons. The van der Waals surface area contributed by atoms with Gasteiger partial charge in [-0.15, -0.1) is 10.2 Å². The van der Waals surface area contributed by atoms with Crippen molar-refractivity contribution in [2.45, 2.75) is 13.3 Å². The van der Waals surface area contributed by atoms with Crippen LogP contribution in [0.2, 0.25) is 0 Å². The standard InChI is InChI=1S/C25H23N7O2/c1-17-3-9-21(10-4-17)31-16-18(15-24(31)33)25(34)28-20-7-5-19(6-8-20)27-22-11-12-23(30-29-22)32-14-2-13-26-32/h2-14,18H,15-16H2,1H3,(H,27,29)(H,28,34)/t18-/m0/s1. The van der Waals surface area contributed by atoms with E-state index in [9.17, 15) is 9.59 Å². The summed E-state index contributed by atoms with van der Waals surface area (Å²) in [5.74, 6) is 0.621. The van der Waals surface area contributed by atoms with Crippen LogP contribution in [-0.2, 0) is 9.59 Å². The number of hydrogen-bond donors (Lipinski definition) is 2. The van der Waals surface area contributed by atoms with Gasteiger partial charge in [0.2, 0.25) is 11.8 Å². The lowest BCUT2D eigenvalue weighted by Crippen LogP contribution is -2.28. The lowest BCUT2D eigenvalue weighted by Gasteiger charge is -2.17. The minimum atomic E-state index is -0.393. The van der Waals surface area contributed by atoms with Gasteiger partial charge in [-0.1, -0.05) is 17.7 Å². The number of amides is 2. The van der Waals surface area contributed by atoms with E-state index < -0.39 is 5.92 Å². The highest BCUT2D eigenvalue weighted by molar-refractivity contribution is 6.03. The Balaban J connectivity index is 1.18. The topological polar surface area (TPSA) is 105 Å². The third-order valence-electron chi connectivity index (χ3n) is 5.66. The second-order valence-corrected chi connectivity index (χ2v) is 8.16. The molecule has 1 aliphatic heterocycles. The van der Waals surface area contributed by atoms with Crippen molar-refractivity contribution >= 4 is 34.7 Å². The Morgan fingerprint density at radius 1 is 0.971 bits per heavy atom. The van der Waals surface area contributed by atoms with Crippen molar-refractivity contribution in [3.63, 3.8) is 0 Å². The zero-order valence-corrected chi connectivity index (χ0v) is 18.5. The number of anilines is 4. The van der Waals surface area contributed by atoms with Crippen LogP contribution in [0.3, 0.4) is 0 Å². The zero-order valence-electron chi connectivity index (χ0n) is 18.5. The van der Waals surface area contributed by atoms with E-state index in [0.29, 0.717) is 23.9 Å². The molecule has 2 aromatic carbocycles. The molecule has 2 N–H and O–H groups in total. The molecule has 9 heteroatoms. The Labute approximate surface area is 196 Å². The lowest BCUT2D eigenvalue weighted by atomic mass is 10.1. The van der Waals surface area contributed by atoms with Crippen LogP contribution in [0.4, 0.5) is 22.9 Å². The fraction of sp³-hybridized carbons (Fsp3) is 0.160. The van der Waals surface area contributed by atoms with Crippen LogP contribution in [0, 0.1) is 12.8 Å². The number of carbonyl (C=O) groups excluding carboxylic acids is 2. The Bertz CT molecular complexity index is 1280. The first-order valence-corrected chi connectivity index (χ1v) is 10.9. The van der Waals surface area contributed by atoms with E-state index in [-0.39, 0.29) is 18.2 Å². The van der Waals surface area contributed by atoms with Gasteiger partial charge in [0.25, 0.3) is 0 Å². The van der Waals surface area contributed by atoms with Crippen LogP contribution < -0.4 is 15.5 Å². The first-order valence-electron chi connectivity index (χ1n) is 10.9. The molecular weight excluding hydrogens is 430 g/mol. The van der Waals surface area contributed by atoms with Gasteiger partial charge in [0, 0.05) is 42.4 Å². The van der Waals surface area contributed by atoms with E-state index >= 15 is 0 Å². The zero-order chi connectivity index (χ0) is 23.5. The van der Waals surface area contributed by atoms with Crippen molar-refractivity contribution in [1.82, 2.24) is 20.0 Å². The molecule has 34 heavy (non-hydrogen) atoms. The highest BCUT2D eigenvalue weighted by atomic mass is 16.2. The quantitative estimate of drug-likeness (QED) is 0.461. The summed E-state index contributed by atoms with van der Waals surface area (Å²) in [7, 11) is 0. The second kappa shape index (κ2) is 9.14. The van der Waals surface area contributed by atoms with Gasteiger partial charge in [0.1, 0.15) is 0 Å². The summed E-state index contributed by atoms with van der Waals surface area (Å²) in [6.45, 7) is 2.37. The smallest absolute Gasteiger partial charge is 0.229 e. The van der Waals surface area contributed by atoms with Crippen LogP contribution >= 0.6 is 0 Å².